The number of carbonyl (C=O) groups is 1. The number of alkyl halides is 5. The van der Waals surface area contributed by atoms with E-state index >= 15 is 0 Å². The van der Waals surface area contributed by atoms with Gasteiger partial charge in [0.25, 0.3) is 0 Å². The number of esters is 1. The van der Waals surface area contributed by atoms with Gasteiger partial charge in [0.15, 0.2) is 0 Å². The molecule has 120 valence electrons. The zero-order chi connectivity index (χ0) is 15.8. The van der Waals surface area contributed by atoms with Crippen LogP contribution in [-0.4, -0.2) is 36.2 Å². The third-order valence-corrected chi connectivity index (χ3v) is 3.99. The van der Waals surface area contributed by atoms with Crippen molar-refractivity contribution in [3.8, 4) is 0 Å². The number of carbonyl (C=O) groups excluding carboxylic acids is 1. The molecule has 0 aromatic heterocycles. The zero-order valence-corrected chi connectivity index (χ0v) is 12.3. The minimum absolute atomic E-state index is 0.202. The second-order valence-corrected chi connectivity index (χ2v) is 5.64. The Morgan fingerprint density at radius 2 is 1.80 bits per heavy atom. The van der Waals surface area contributed by atoms with E-state index in [2.05, 4.69) is 4.74 Å². The molecule has 0 saturated carbocycles. The van der Waals surface area contributed by atoms with Crippen molar-refractivity contribution in [3.05, 3.63) is 0 Å². The van der Waals surface area contributed by atoms with Gasteiger partial charge < -0.3 is 4.74 Å². The summed E-state index contributed by atoms with van der Waals surface area (Å²) in [7, 11) is 1.26. The second-order valence-electron chi connectivity index (χ2n) is 4.33. The number of hydrogen-bond donors (Lipinski definition) is 0. The number of unbranched alkanes of at least 4 members (excludes halogenated alkanes) is 1. The number of ether oxygens (including phenoxy) is 1. The topological polar surface area (TPSA) is 26.3 Å². The molecular weight excluding hydrogens is 303 g/mol. The highest BCUT2D eigenvalue weighted by atomic mass is 32.2. The summed E-state index contributed by atoms with van der Waals surface area (Å²) in [5, 5.41) is -0.381. The quantitative estimate of drug-likeness (QED) is 0.357. The minimum Gasteiger partial charge on any atom is -0.468 e. The predicted octanol–water partition coefficient (Wildman–Crippen LogP) is 4.43. The van der Waals surface area contributed by atoms with Crippen molar-refractivity contribution in [1.82, 2.24) is 0 Å². The molecule has 1 unspecified atom stereocenters. The first-order chi connectivity index (χ1) is 9.15. The average molecular weight is 322 g/mol. The molecule has 0 aliphatic carbocycles. The van der Waals surface area contributed by atoms with Crippen molar-refractivity contribution >= 4 is 17.7 Å². The van der Waals surface area contributed by atoms with Crippen LogP contribution in [0.25, 0.3) is 0 Å². The van der Waals surface area contributed by atoms with Crippen LogP contribution >= 0.6 is 11.8 Å². The number of hydrogen-bond acceptors (Lipinski definition) is 3. The fraction of sp³-hybridized carbons (Fsp3) is 0.917. The van der Waals surface area contributed by atoms with Gasteiger partial charge in [-0.15, -0.1) is 11.8 Å². The molecule has 0 aromatic carbocycles. The smallest absolute Gasteiger partial charge is 0.453 e. The molecule has 0 N–H and O–H groups in total. The molecule has 0 aromatic rings. The summed E-state index contributed by atoms with van der Waals surface area (Å²) < 4.78 is 65.5. The highest BCUT2D eigenvalue weighted by molar-refractivity contribution is 8.00. The van der Waals surface area contributed by atoms with Gasteiger partial charge in [-0.05, 0) is 25.0 Å². The van der Waals surface area contributed by atoms with E-state index in [1.54, 1.807) is 0 Å². The number of rotatable bonds is 9. The van der Waals surface area contributed by atoms with Gasteiger partial charge in [0.2, 0.25) is 0 Å². The van der Waals surface area contributed by atoms with Crippen molar-refractivity contribution in [2.45, 2.75) is 56.4 Å². The van der Waals surface area contributed by atoms with E-state index in [9.17, 15) is 26.7 Å². The Bertz CT molecular complexity index is 294. The van der Waals surface area contributed by atoms with Crippen LogP contribution in [0.3, 0.4) is 0 Å². The molecule has 0 fully saturated rings. The van der Waals surface area contributed by atoms with Gasteiger partial charge in [0.05, 0.1) is 7.11 Å². The average Bonchev–Trinajstić information content (AvgIpc) is 2.34. The molecule has 0 rings (SSSR count). The standard InChI is InChI=1S/C12H19F5O2S/c1-3-6-9(10(18)19-2)20-8-5-4-7-11(13,14)12(15,16)17/h9H,3-8H2,1-2H3. The highest BCUT2D eigenvalue weighted by Gasteiger charge is 2.56. The molecule has 0 saturated heterocycles. The van der Waals surface area contributed by atoms with E-state index in [0.717, 1.165) is 6.42 Å². The summed E-state index contributed by atoms with van der Waals surface area (Å²) in [4.78, 5) is 11.3. The van der Waals surface area contributed by atoms with E-state index in [-0.39, 0.29) is 18.1 Å². The lowest BCUT2D eigenvalue weighted by Gasteiger charge is -2.19. The third kappa shape index (κ3) is 6.76. The van der Waals surface area contributed by atoms with E-state index in [1.807, 2.05) is 6.92 Å². The molecule has 20 heavy (non-hydrogen) atoms. The highest BCUT2D eigenvalue weighted by Crippen LogP contribution is 2.39. The fourth-order valence-corrected chi connectivity index (χ4v) is 2.77. The molecule has 0 heterocycles. The van der Waals surface area contributed by atoms with E-state index < -0.39 is 24.5 Å². The van der Waals surface area contributed by atoms with Gasteiger partial charge >= 0.3 is 18.1 Å². The van der Waals surface area contributed by atoms with Gasteiger partial charge in [-0.25, -0.2) is 0 Å². The molecule has 2 nitrogen and oxygen atoms in total. The fourth-order valence-electron chi connectivity index (χ4n) is 1.48. The molecule has 8 heteroatoms. The first-order valence-corrected chi connectivity index (χ1v) is 7.34. The molecule has 0 bridgehead atoms. The molecule has 0 aliphatic rings. The molecule has 1 atom stereocenters. The van der Waals surface area contributed by atoms with Crippen LogP contribution in [0.5, 0.6) is 0 Å². The van der Waals surface area contributed by atoms with Crippen molar-refractivity contribution in [2.24, 2.45) is 0 Å². The van der Waals surface area contributed by atoms with Gasteiger partial charge in [-0.2, -0.15) is 22.0 Å². The van der Waals surface area contributed by atoms with E-state index in [4.69, 9.17) is 0 Å². The summed E-state index contributed by atoms with van der Waals surface area (Å²) in [5.41, 5.74) is 0. The third-order valence-electron chi connectivity index (χ3n) is 2.63. The maximum Gasteiger partial charge on any atom is 0.453 e. The van der Waals surface area contributed by atoms with Gasteiger partial charge in [0.1, 0.15) is 5.25 Å². The maximum absolute atomic E-state index is 12.6. The Morgan fingerprint density at radius 1 is 1.20 bits per heavy atom. The Morgan fingerprint density at radius 3 is 2.25 bits per heavy atom. The number of halogens is 5. The number of thioether (sulfide) groups is 1. The summed E-state index contributed by atoms with van der Waals surface area (Å²) in [6.45, 7) is 1.89. The van der Waals surface area contributed by atoms with Gasteiger partial charge in [-0.3, -0.25) is 4.79 Å². The first kappa shape index (κ1) is 19.5. The van der Waals surface area contributed by atoms with Gasteiger partial charge in [0, 0.05) is 6.42 Å². The van der Waals surface area contributed by atoms with E-state index in [1.165, 1.54) is 18.9 Å². The Balaban J connectivity index is 3.98. The molecular formula is C12H19F5O2S. The van der Waals surface area contributed by atoms with E-state index in [0.29, 0.717) is 12.2 Å². The largest absolute Gasteiger partial charge is 0.468 e. The van der Waals surface area contributed by atoms with Crippen LogP contribution in [0, 0.1) is 0 Å². The van der Waals surface area contributed by atoms with Crippen LogP contribution < -0.4 is 0 Å². The summed E-state index contributed by atoms with van der Waals surface area (Å²) in [6.07, 6.45) is -5.38. The Labute approximate surface area is 119 Å². The maximum atomic E-state index is 12.6. The summed E-state index contributed by atoms with van der Waals surface area (Å²) >= 11 is 1.24. The lowest BCUT2D eigenvalue weighted by molar-refractivity contribution is -0.284. The molecule has 0 radical (unpaired) electrons. The van der Waals surface area contributed by atoms with Gasteiger partial charge in [-0.1, -0.05) is 13.3 Å². The molecule has 0 aliphatic heterocycles. The number of methoxy groups -OCH3 is 1. The predicted molar refractivity (Wildman–Crippen MR) is 68.0 cm³/mol. The van der Waals surface area contributed by atoms with Crippen LogP contribution in [0.2, 0.25) is 0 Å². The first-order valence-electron chi connectivity index (χ1n) is 6.29. The SMILES string of the molecule is CCCC(SCCCCC(F)(F)C(F)(F)F)C(=O)OC. The Hall–Kier alpha value is -0.530. The summed E-state index contributed by atoms with van der Waals surface area (Å²) in [5.74, 6) is -4.67. The molecule has 0 spiro atoms. The van der Waals surface area contributed by atoms with Crippen LogP contribution in [0.4, 0.5) is 22.0 Å². The lowest BCUT2D eigenvalue weighted by atomic mass is 10.1. The van der Waals surface area contributed by atoms with Crippen LogP contribution in [0.1, 0.15) is 39.0 Å². The summed E-state index contributed by atoms with van der Waals surface area (Å²) in [6, 6.07) is 0. The van der Waals surface area contributed by atoms with Crippen molar-refractivity contribution < 1.29 is 31.5 Å². The normalized spacial score (nSPS) is 14.2. The minimum atomic E-state index is -5.49. The molecule has 0 amide bonds. The lowest BCUT2D eigenvalue weighted by Crippen LogP contribution is -2.36. The second kappa shape index (κ2) is 8.69. The van der Waals surface area contributed by atoms with Crippen molar-refractivity contribution in [2.75, 3.05) is 12.9 Å². The Kier molecular flexibility index (Phi) is 8.46. The van der Waals surface area contributed by atoms with Crippen LogP contribution in [-0.2, 0) is 9.53 Å². The zero-order valence-electron chi connectivity index (χ0n) is 11.4. The van der Waals surface area contributed by atoms with Crippen LogP contribution in [0.15, 0.2) is 0 Å². The van der Waals surface area contributed by atoms with Crippen molar-refractivity contribution in [3.63, 3.8) is 0 Å². The monoisotopic (exact) mass is 322 g/mol. The van der Waals surface area contributed by atoms with Crippen molar-refractivity contribution in [1.29, 1.82) is 0 Å².